The number of aromatic nitrogens is 3. The van der Waals surface area contributed by atoms with Crippen molar-refractivity contribution in [2.45, 2.75) is 65.5 Å². The van der Waals surface area contributed by atoms with E-state index in [2.05, 4.69) is 58.3 Å². The van der Waals surface area contributed by atoms with Gasteiger partial charge in [0.15, 0.2) is 5.82 Å². The van der Waals surface area contributed by atoms with E-state index in [0.717, 1.165) is 12.1 Å². The number of halogens is 1. The Morgan fingerprint density at radius 3 is 2.71 bits per heavy atom. The highest BCUT2D eigenvalue weighted by molar-refractivity contribution is 5.75. The fraction of sp³-hybridized carbons (Fsp3) is 0.444. The van der Waals surface area contributed by atoms with Crippen LogP contribution in [0.3, 0.4) is 0 Å². The van der Waals surface area contributed by atoms with Crippen molar-refractivity contribution in [2.75, 3.05) is 11.9 Å². The zero-order chi connectivity index (χ0) is 25.2. The van der Waals surface area contributed by atoms with E-state index in [1.807, 2.05) is 25.1 Å². The maximum absolute atomic E-state index is 14.8. The van der Waals surface area contributed by atoms with E-state index in [9.17, 15) is 14.3 Å². The number of carboxylic acid groups (broad SMARTS) is 1. The Morgan fingerprint density at radius 2 is 2.06 bits per heavy atom. The number of aryl methyl sites for hydroxylation is 2. The minimum absolute atomic E-state index is 0.0480. The molecule has 186 valence electrons. The lowest BCUT2D eigenvalue weighted by molar-refractivity contribution is -0.154. The third-order valence-corrected chi connectivity index (χ3v) is 7.39. The number of rotatable bonds is 8. The van der Waals surface area contributed by atoms with Crippen molar-refractivity contribution in [2.24, 2.45) is 5.41 Å². The molecule has 7 nitrogen and oxygen atoms in total. The van der Waals surface area contributed by atoms with Crippen molar-refractivity contribution in [1.82, 2.24) is 20.1 Å². The van der Waals surface area contributed by atoms with Crippen LogP contribution in [0.4, 0.5) is 16.0 Å². The molecule has 1 aliphatic heterocycles. The molecule has 3 N–H and O–H groups in total. The minimum Gasteiger partial charge on any atom is -0.481 e. The van der Waals surface area contributed by atoms with Gasteiger partial charge in [-0.2, -0.15) is 5.10 Å². The SMILES string of the molecule is CC[C@@H]1C[C@](Cc2nc(Nc3cc(C)[nH]n3)ccc2F)(C(=O)O)CCN1[C@H](C)c1ccccc1C. The lowest BCUT2D eigenvalue weighted by Crippen LogP contribution is -2.51. The average Bonchev–Trinajstić information content (AvgIpc) is 3.25. The highest BCUT2D eigenvalue weighted by Crippen LogP contribution is 2.42. The Hall–Kier alpha value is -3.26. The monoisotopic (exact) mass is 479 g/mol. The summed E-state index contributed by atoms with van der Waals surface area (Å²) in [5.74, 6) is -0.365. The number of pyridine rings is 1. The second kappa shape index (κ2) is 10.2. The van der Waals surface area contributed by atoms with Crippen molar-refractivity contribution in [1.29, 1.82) is 0 Å². The molecular formula is C27H34FN5O2. The number of hydrogen-bond acceptors (Lipinski definition) is 5. The molecule has 0 amide bonds. The number of H-pyrrole nitrogens is 1. The third-order valence-electron chi connectivity index (χ3n) is 7.39. The van der Waals surface area contributed by atoms with Gasteiger partial charge in [0, 0.05) is 36.8 Å². The number of anilines is 2. The quantitative estimate of drug-likeness (QED) is 0.392. The number of nitrogens with zero attached hydrogens (tertiary/aromatic N) is 3. The molecule has 0 saturated carbocycles. The summed E-state index contributed by atoms with van der Waals surface area (Å²) in [6.45, 7) is 8.90. The molecule has 1 aliphatic rings. The van der Waals surface area contributed by atoms with Crippen molar-refractivity contribution in [3.8, 4) is 0 Å². The van der Waals surface area contributed by atoms with Crippen LogP contribution >= 0.6 is 0 Å². The Balaban J connectivity index is 1.57. The summed E-state index contributed by atoms with van der Waals surface area (Å²) >= 11 is 0. The molecular weight excluding hydrogens is 445 g/mol. The first-order valence-corrected chi connectivity index (χ1v) is 12.2. The minimum atomic E-state index is -1.07. The fourth-order valence-corrected chi connectivity index (χ4v) is 5.36. The molecule has 1 fully saturated rings. The number of nitrogens with one attached hydrogen (secondary N) is 2. The molecule has 0 radical (unpaired) electrons. The van der Waals surface area contributed by atoms with E-state index in [1.165, 1.54) is 23.3 Å². The van der Waals surface area contributed by atoms with Crippen LogP contribution in [0.15, 0.2) is 42.5 Å². The number of aliphatic carboxylic acids is 1. The van der Waals surface area contributed by atoms with E-state index in [0.29, 0.717) is 31.0 Å². The third kappa shape index (κ3) is 5.22. The summed E-state index contributed by atoms with van der Waals surface area (Å²) in [5.41, 5.74) is 2.47. The Bertz CT molecular complexity index is 1200. The second-order valence-corrected chi connectivity index (χ2v) is 9.74. The Labute approximate surface area is 205 Å². The van der Waals surface area contributed by atoms with E-state index >= 15 is 0 Å². The van der Waals surface area contributed by atoms with Gasteiger partial charge < -0.3 is 10.4 Å². The van der Waals surface area contributed by atoms with Gasteiger partial charge in [-0.1, -0.05) is 31.2 Å². The number of carbonyl (C=O) groups is 1. The molecule has 1 aromatic carbocycles. The number of carboxylic acids is 1. The van der Waals surface area contributed by atoms with E-state index in [4.69, 9.17) is 0 Å². The summed E-state index contributed by atoms with van der Waals surface area (Å²) in [5, 5.41) is 20.4. The van der Waals surface area contributed by atoms with Crippen LogP contribution in [0.25, 0.3) is 0 Å². The van der Waals surface area contributed by atoms with Crippen molar-refractivity contribution < 1.29 is 14.3 Å². The zero-order valence-corrected chi connectivity index (χ0v) is 20.8. The molecule has 0 bridgehead atoms. The van der Waals surface area contributed by atoms with Crippen molar-refractivity contribution in [3.05, 3.63) is 70.8 Å². The molecule has 3 atom stereocenters. The number of piperidine rings is 1. The van der Waals surface area contributed by atoms with Gasteiger partial charge in [-0.25, -0.2) is 9.37 Å². The summed E-state index contributed by atoms with van der Waals surface area (Å²) in [7, 11) is 0. The first-order valence-electron chi connectivity index (χ1n) is 12.2. The molecule has 35 heavy (non-hydrogen) atoms. The molecule has 0 unspecified atom stereocenters. The van der Waals surface area contributed by atoms with Gasteiger partial charge >= 0.3 is 5.97 Å². The van der Waals surface area contributed by atoms with Crippen LogP contribution in [-0.4, -0.2) is 43.7 Å². The van der Waals surface area contributed by atoms with Crippen LogP contribution in [0.1, 0.15) is 61.7 Å². The van der Waals surface area contributed by atoms with Gasteiger partial charge in [0.25, 0.3) is 0 Å². The van der Waals surface area contributed by atoms with Gasteiger partial charge in [-0.05, 0) is 63.3 Å². The summed E-state index contributed by atoms with van der Waals surface area (Å²) in [6, 6.07) is 13.3. The molecule has 2 aromatic heterocycles. The maximum atomic E-state index is 14.8. The Morgan fingerprint density at radius 1 is 1.29 bits per heavy atom. The summed E-state index contributed by atoms with van der Waals surface area (Å²) in [4.78, 5) is 19.5. The maximum Gasteiger partial charge on any atom is 0.310 e. The van der Waals surface area contributed by atoms with E-state index in [-0.39, 0.29) is 24.2 Å². The highest BCUT2D eigenvalue weighted by atomic mass is 19.1. The predicted octanol–water partition coefficient (Wildman–Crippen LogP) is 5.55. The zero-order valence-electron chi connectivity index (χ0n) is 20.8. The van der Waals surface area contributed by atoms with Crippen LogP contribution in [-0.2, 0) is 11.2 Å². The van der Waals surface area contributed by atoms with Gasteiger partial charge in [0.2, 0.25) is 0 Å². The average molecular weight is 480 g/mol. The first-order chi connectivity index (χ1) is 16.7. The summed E-state index contributed by atoms with van der Waals surface area (Å²) < 4.78 is 14.8. The largest absolute Gasteiger partial charge is 0.481 e. The van der Waals surface area contributed by atoms with Gasteiger partial charge in [0.1, 0.15) is 11.6 Å². The first kappa shape index (κ1) is 24.9. The molecule has 0 aliphatic carbocycles. The van der Waals surface area contributed by atoms with Gasteiger partial charge in [-0.3, -0.25) is 14.8 Å². The van der Waals surface area contributed by atoms with Crippen LogP contribution in [0.5, 0.6) is 0 Å². The standard InChI is InChI=1S/C27H34FN5O2/c1-5-20-15-27(26(34)35,12-13-33(20)19(4)21-9-7-6-8-17(21)2)16-23-22(28)10-11-24(29-23)30-25-14-18(3)31-32-25/h6-11,14,19-20H,5,12-13,15-16H2,1-4H3,(H,34,35)(H2,29,30,31,32)/t19-,20-,27-/m1/s1. The topological polar surface area (TPSA) is 94.1 Å². The molecule has 8 heteroatoms. The molecule has 0 spiro atoms. The number of hydrogen-bond donors (Lipinski definition) is 3. The number of aromatic amines is 1. The Kier molecular flexibility index (Phi) is 7.21. The van der Waals surface area contributed by atoms with E-state index in [1.54, 1.807) is 0 Å². The van der Waals surface area contributed by atoms with Gasteiger partial charge in [0.05, 0.1) is 11.1 Å². The summed E-state index contributed by atoms with van der Waals surface area (Å²) in [6.07, 6.45) is 1.76. The van der Waals surface area contributed by atoms with Crippen LogP contribution < -0.4 is 5.32 Å². The molecule has 3 aromatic rings. The van der Waals surface area contributed by atoms with Crippen LogP contribution in [0, 0.1) is 25.1 Å². The lowest BCUT2D eigenvalue weighted by Gasteiger charge is -2.47. The number of benzene rings is 1. The van der Waals surface area contributed by atoms with Gasteiger partial charge in [-0.15, -0.1) is 0 Å². The smallest absolute Gasteiger partial charge is 0.310 e. The van der Waals surface area contributed by atoms with Crippen molar-refractivity contribution in [3.63, 3.8) is 0 Å². The second-order valence-electron chi connectivity index (χ2n) is 9.74. The predicted molar refractivity (Wildman–Crippen MR) is 134 cm³/mol. The molecule has 3 heterocycles. The number of likely N-dealkylation sites (tertiary alicyclic amines) is 1. The fourth-order valence-electron chi connectivity index (χ4n) is 5.36. The lowest BCUT2D eigenvalue weighted by atomic mass is 9.71. The molecule has 1 saturated heterocycles. The van der Waals surface area contributed by atoms with Crippen molar-refractivity contribution >= 4 is 17.6 Å². The highest BCUT2D eigenvalue weighted by Gasteiger charge is 2.47. The van der Waals surface area contributed by atoms with Crippen LogP contribution in [0.2, 0.25) is 0 Å². The molecule has 4 rings (SSSR count). The normalized spacial score (nSPS) is 21.6. The van der Waals surface area contributed by atoms with E-state index < -0.39 is 17.2 Å².